The van der Waals surface area contributed by atoms with Crippen LogP contribution in [0.5, 0.6) is 5.75 Å². The van der Waals surface area contributed by atoms with Crippen molar-refractivity contribution in [3.8, 4) is 5.75 Å². The van der Waals surface area contributed by atoms with E-state index in [1.54, 1.807) is 32.7 Å². The molecule has 2 aromatic carbocycles. The first-order chi connectivity index (χ1) is 19.9. The number of aromatic nitrogens is 2. The number of nitrogens with zero attached hydrogens (tertiary/aromatic N) is 4. The van der Waals surface area contributed by atoms with E-state index in [4.69, 9.17) is 15.5 Å². The number of nitrogens with one attached hydrogen (secondary N) is 2. The first-order valence-electron chi connectivity index (χ1n) is 14.1. The lowest BCUT2D eigenvalue weighted by atomic mass is 10.0. The number of amides is 1. The van der Waals surface area contributed by atoms with Crippen molar-refractivity contribution in [2.24, 2.45) is 5.73 Å². The summed E-state index contributed by atoms with van der Waals surface area (Å²) in [5.41, 5.74) is 9.42. The summed E-state index contributed by atoms with van der Waals surface area (Å²) in [4.78, 5) is 25.9. The van der Waals surface area contributed by atoms with Crippen LogP contribution in [0.4, 0.5) is 28.8 Å². The van der Waals surface area contributed by atoms with Gasteiger partial charge in [0.05, 0.1) is 18.5 Å². The molecule has 1 heterocycles. The quantitative estimate of drug-likeness (QED) is 0.164. The van der Waals surface area contributed by atoms with Gasteiger partial charge in [0.15, 0.2) is 0 Å². The molecule has 3 rings (SSSR count). The second-order valence-corrected chi connectivity index (χ2v) is 13.6. The number of ether oxygens (including phenoxy) is 1. The highest BCUT2D eigenvalue weighted by Gasteiger charge is 2.21. The summed E-state index contributed by atoms with van der Waals surface area (Å²) in [6.45, 7) is 17.2. The average molecular weight is 594 g/mol. The number of methoxy groups -OCH3 is 1. The van der Waals surface area contributed by atoms with E-state index in [0.29, 0.717) is 35.2 Å². The minimum Gasteiger partial charge on any atom is -0.494 e. The van der Waals surface area contributed by atoms with E-state index in [0.717, 1.165) is 48.4 Å². The molecule has 0 saturated heterocycles. The Morgan fingerprint density at radius 2 is 1.76 bits per heavy atom. The highest BCUT2D eigenvalue weighted by atomic mass is 31.2. The lowest BCUT2D eigenvalue weighted by Crippen LogP contribution is -2.33. The summed E-state index contributed by atoms with van der Waals surface area (Å²) in [5.74, 6) is 0.855. The maximum Gasteiger partial charge on any atom is 0.248 e. The van der Waals surface area contributed by atoms with Gasteiger partial charge >= 0.3 is 0 Å². The van der Waals surface area contributed by atoms with Crippen LogP contribution in [0.25, 0.3) is 5.57 Å². The van der Waals surface area contributed by atoms with Crippen molar-refractivity contribution in [1.82, 2.24) is 14.9 Å². The maximum absolute atomic E-state index is 12.9. The monoisotopic (exact) mass is 593 g/mol. The summed E-state index contributed by atoms with van der Waals surface area (Å²) in [5, 5.41) is 7.37. The number of benzene rings is 2. The van der Waals surface area contributed by atoms with Gasteiger partial charge in [-0.05, 0) is 51.0 Å². The molecular formula is C31H44N7O3P. The second-order valence-electron chi connectivity index (χ2n) is 10.4. The van der Waals surface area contributed by atoms with Gasteiger partial charge in [-0.15, -0.1) is 0 Å². The van der Waals surface area contributed by atoms with Gasteiger partial charge in [-0.25, -0.2) is 4.98 Å². The zero-order valence-corrected chi connectivity index (χ0v) is 26.7. The third kappa shape index (κ3) is 7.89. The van der Waals surface area contributed by atoms with E-state index in [-0.39, 0.29) is 5.57 Å². The normalized spacial score (nSPS) is 11.3. The molecule has 0 fully saturated rings. The largest absolute Gasteiger partial charge is 0.494 e. The number of anilines is 5. The number of carbonyl (C=O) groups excluding carboxylic acids is 1. The molecular weight excluding hydrogens is 549 g/mol. The van der Waals surface area contributed by atoms with Crippen molar-refractivity contribution in [2.75, 3.05) is 69.2 Å². The summed E-state index contributed by atoms with van der Waals surface area (Å²) >= 11 is 0. The standard InChI is InChI=1S/C31H44N7O3P/c1-9-22-20-33-31(36-30(22)34-24-14-12-13-15-28(24)42(7,8)40)35-25-18-23(21(4)29(32)39)26(19-27(25)41-6)37(5)16-17-38(10-2)11-3/h12-15,18-20H,4,9-11,16-17H2,1-3,5-8H3,(H2,32,39)(H2,33,34,35,36). The number of para-hydroxylation sites is 1. The molecule has 0 aliphatic rings. The molecule has 11 heteroatoms. The zero-order valence-electron chi connectivity index (χ0n) is 25.8. The third-order valence-corrected chi connectivity index (χ3v) is 8.78. The lowest BCUT2D eigenvalue weighted by molar-refractivity contribution is -0.112. The molecule has 0 aliphatic heterocycles. The van der Waals surface area contributed by atoms with E-state index in [2.05, 4.69) is 45.8 Å². The Hall–Kier alpha value is -3.88. The summed E-state index contributed by atoms with van der Waals surface area (Å²) in [6.07, 6.45) is 2.45. The topological polar surface area (TPSA) is 126 Å². The van der Waals surface area contributed by atoms with Gasteiger partial charge in [0.2, 0.25) is 11.9 Å². The van der Waals surface area contributed by atoms with Crippen molar-refractivity contribution in [2.45, 2.75) is 27.2 Å². The molecule has 0 atom stereocenters. The molecule has 0 spiro atoms. The number of primary amides is 1. The van der Waals surface area contributed by atoms with E-state index >= 15 is 0 Å². The Balaban J connectivity index is 2.02. The van der Waals surface area contributed by atoms with Crippen LogP contribution in [0.15, 0.2) is 49.2 Å². The number of hydrogen-bond acceptors (Lipinski definition) is 9. The van der Waals surface area contributed by atoms with Crippen LogP contribution < -0.4 is 31.3 Å². The fourth-order valence-corrected chi connectivity index (χ4v) is 5.76. The fourth-order valence-electron chi connectivity index (χ4n) is 4.61. The molecule has 0 aliphatic carbocycles. The predicted octanol–water partition coefficient (Wildman–Crippen LogP) is 5.06. The van der Waals surface area contributed by atoms with Crippen molar-refractivity contribution in [3.05, 3.63) is 60.3 Å². The molecule has 0 radical (unpaired) electrons. The molecule has 226 valence electrons. The van der Waals surface area contributed by atoms with Crippen LogP contribution in [0.1, 0.15) is 31.9 Å². The summed E-state index contributed by atoms with van der Waals surface area (Å²) in [7, 11) is 1.02. The number of likely N-dealkylation sites (N-methyl/N-ethyl adjacent to an activating group) is 2. The lowest BCUT2D eigenvalue weighted by Gasteiger charge is -2.27. The van der Waals surface area contributed by atoms with Gasteiger partial charge in [-0.1, -0.05) is 39.5 Å². The first kappa shape index (κ1) is 32.6. The van der Waals surface area contributed by atoms with Crippen LogP contribution in [0.2, 0.25) is 0 Å². The molecule has 4 N–H and O–H groups in total. The van der Waals surface area contributed by atoms with Crippen molar-refractivity contribution >= 4 is 52.8 Å². The summed E-state index contributed by atoms with van der Waals surface area (Å²) in [6, 6.07) is 11.2. The predicted molar refractivity (Wildman–Crippen MR) is 176 cm³/mol. The number of hydrogen-bond donors (Lipinski definition) is 3. The molecule has 42 heavy (non-hydrogen) atoms. The third-order valence-electron chi connectivity index (χ3n) is 7.23. The number of carbonyl (C=O) groups is 1. The Bertz CT molecular complexity index is 1470. The van der Waals surface area contributed by atoms with Crippen LogP contribution in [0, 0.1) is 0 Å². The molecule has 0 saturated carbocycles. The summed E-state index contributed by atoms with van der Waals surface area (Å²) < 4.78 is 18.7. The number of nitrogens with two attached hydrogens (primary N) is 1. The van der Waals surface area contributed by atoms with Gasteiger partial charge < -0.3 is 35.5 Å². The molecule has 10 nitrogen and oxygen atoms in total. The SMILES string of the molecule is C=C(C(N)=O)c1cc(Nc2ncc(CC)c(Nc3ccccc3P(C)(C)=O)n2)c(OC)cc1N(C)CCN(CC)CC. The van der Waals surface area contributed by atoms with E-state index in [1.807, 2.05) is 44.3 Å². The highest BCUT2D eigenvalue weighted by molar-refractivity contribution is 7.70. The van der Waals surface area contributed by atoms with Gasteiger partial charge in [0, 0.05) is 60.1 Å². The zero-order chi connectivity index (χ0) is 31.0. The Morgan fingerprint density at radius 1 is 1.07 bits per heavy atom. The Labute approximate surface area is 249 Å². The fraction of sp³-hybridized carbons (Fsp3) is 0.387. The maximum atomic E-state index is 12.9. The molecule has 0 bridgehead atoms. The number of aryl methyl sites for hydroxylation is 1. The van der Waals surface area contributed by atoms with Gasteiger partial charge in [0.1, 0.15) is 18.7 Å². The Kier molecular flexibility index (Phi) is 11.1. The van der Waals surface area contributed by atoms with Crippen molar-refractivity contribution < 1.29 is 14.1 Å². The van der Waals surface area contributed by atoms with Gasteiger partial charge in [0.25, 0.3) is 0 Å². The van der Waals surface area contributed by atoms with Gasteiger partial charge in [-0.2, -0.15) is 4.98 Å². The molecule has 1 amide bonds. The second kappa shape index (κ2) is 14.3. The molecule has 1 aromatic heterocycles. The Morgan fingerprint density at radius 3 is 2.36 bits per heavy atom. The molecule has 0 unspecified atom stereocenters. The van der Waals surface area contributed by atoms with Crippen molar-refractivity contribution in [1.29, 1.82) is 0 Å². The minimum absolute atomic E-state index is 0.190. The van der Waals surface area contributed by atoms with E-state index < -0.39 is 13.0 Å². The van der Waals surface area contributed by atoms with E-state index in [1.165, 1.54) is 0 Å². The van der Waals surface area contributed by atoms with Crippen LogP contribution in [-0.2, 0) is 15.8 Å². The van der Waals surface area contributed by atoms with Crippen molar-refractivity contribution in [3.63, 3.8) is 0 Å². The van der Waals surface area contributed by atoms with Crippen LogP contribution in [0.3, 0.4) is 0 Å². The molecule has 3 aromatic rings. The highest BCUT2D eigenvalue weighted by Crippen LogP contribution is 2.39. The van der Waals surface area contributed by atoms with Crippen LogP contribution in [-0.4, -0.2) is 74.4 Å². The van der Waals surface area contributed by atoms with E-state index in [9.17, 15) is 9.36 Å². The number of rotatable bonds is 15. The average Bonchev–Trinajstić information content (AvgIpc) is 2.96. The van der Waals surface area contributed by atoms with Crippen LogP contribution >= 0.6 is 7.14 Å². The smallest absolute Gasteiger partial charge is 0.248 e. The van der Waals surface area contributed by atoms with Gasteiger partial charge in [-0.3, -0.25) is 4.79 Å². The minimum atomic E-state index is -2.54. The first-order valence-corrected chi connectivity index (χ1v) is 16.7.